The molecule has 7 heteroatoms. The molecule has 0 aromatic heterocycles. The fourth-order valence-electron chi connectivity index (χ4n) is 3.81. The molecule has 0 heterocycles. The number of hydrogen-bond acceptors (Lipinski definition) is 6. The van der Waals surface area contributed by atoms with Gasteiger partial charge in [0.15, 0.2) is 0 Å². The summed E-state index contributed by atoms with van der Waals surface area (Å²) in [6.45, 7) is 1.57. The topological polar surface area (TPSA) is 94.1 Å². The third-order valence-electron chi connectivity index (χ3n) is 5.62. The van der Waals surface area contributed by atoms with Gasteiger partial charge in [-0.1, -0.05) is 91.0 Å². The Morgan fingerprint density at radius 3 is 1.56 bits per heavy atom. The minimum atomic E-state index is -1.01. The van der Waals surface area contributed by atoms with E-state index in [1.807, 2.05) is 91.0 Å². The van der Waals surface area contributed by atoms with Crippen LogP contribution in [0.25, 0.3) is 0 Å². The molecule has 0 aliphatic rings. The van der Waals surface area contributed by atoms with Crippen LogP contribution in [-0.4, -0.2) is 48.3 Å². The fourth-order valence-corrected chi connectivity index (χ4v) is 3.81. The van der Waals surface area contributed by atoms with Crippen LogP contribution in [0, 0.1) is 0 Å². The maximum Gasteiger partial charge on any atom is 0.217 e. The fraction of sp³-hybridized carbons (Fsp3) is 0.310. The molecule has 190 valence electrons. The molecule has 0 fully saturated rings. The molecule has 0 saturated heterocycles. The molecule has 0 saturated carbocycles. The number of carbonyl (C=O) groups is 2. The first-order valence-corrected chi connectivity index (χ1v) is 11.9. The van der Waals surface area contributed by atoms with E-state index < -0.39 is 24.4 Å². The number of amides is 1. The summed E-state index contributed by atoms with van der Waals surface area (Å²) in [6, 6.07) is 27.6. The van der Waals surface area contributed by atoms with Crippen molar-refractivity contribution in [2.45, 2.75) is 51.1 Å². The van der Waals surface area contributed by atoms with Gasteiger partial charge in [-0.2, -0.15) is 0 Å². The number of aldehydes is 1. The Hall–Kier alpha value is -3.36. The predicted octanol–water partition coefficient (Wildman–Crippen LogP) is 3.44. The summed E-state index contributed by atoms with van der Waals surface area (Å²) in [7, 11) is 0. The number of rotatable bonds is 15. The second kappa shape index (κ2) is 14.9. The molecule has 4 atom stereocenters. The Balaban J connectivity index is 1.88. The van der Waals surface area contributed by atoms with E-state index in [1.54, 1.807) is 0 Å². The van der Waals surface area contributed by atoms with Crippen molar-refractivity contribution in [1.29, 1.82) is 0 Å². The normalized spacial score (nSPS) is 14.4. The van der Waals surface area contributed by atoms with Crippen LogP contribution >= 0.6 is 0 Å². The number of aliphatic hydroxyl groups is 1. The summed E-state index contributed by atoms with van der Waals surface area (Å²) in [5.74, 6) is -0.382. The quantitative estimate of drug-likeness (QED) is 0.317. The first-order chi connectivity index (χ1) is 17.6. The molecule has 3 aromatic carbocycles. The van der Waals surface area contributed by atoms with E-state index in [4.69, 9.17) is 14.2 Å². The third-order valence-corrected chi connectivity index (χ3v) is 5.62. The van der Waals surface area contributed by atoms with E-state index in [0.717, 1.165) is 16.7 Å². The summed E-state index contributed by atoms with van der Waals surface area (Å²) in [5, 5.41) is 13.0. The first kappa shape index (κ1) is 27.2. The van der Waals surface area contributed by atoms with Gasteiger partial charge in [0.1, 0.15) is 30.6 Å². The Bertz CT molecular complexity index is 1030. The van der Waals surface area contributed by atoms with Gasteiger partial charge >= 0.3 is 0 Å². The van der Waals surface area contributed by atoms with Gasteiger partial charge in [-0.15, -0.1) is 0 Å². The van der Waals surface area contributed by atoms with Gasteiger partial charge in [-0.05, 0) is 16.7 Å². The van der Waals surface area contributed by atoms with Crippen molar-refractivity contribution >= 4 is 12.2 Å². The number of hydrogen-bond donors (Lipinski definition) is 2. The van der Waals surface area contributed by atoms with Gasteiger partial charge in [0.25, 0.3) is 0 Å². The van der Waals surface area contributed by atoms with Crippen molar-refractivity contribution in [3.8, 4) is 0 Å². The lowest BCUT2D eigenvalue weighted by Gasteiger charge is -2.35. The average Bonchev–Trinajstić information content (AvgIpc) is 2.92. The summed E-state index contributed by atoms with van der Waals surface area (Å²) in [5.41, 5.74) is 2.72. The van der Waals surface area contributed by atoms with Crippen LogP contribution in [0.3, 0.4) is 0 Å². The molecular weight excluding hydrogens is 458 g/mol. The predicted molar refractivity (Wildman–Crippen MR) is 136 cm³/mol. The molecule has 36 heavy (non-hydrogen) atoms. The van der Waals surface area contributed by atoms with Crippen LogP contribution in [-0.2, 0) is 43.6 Å². The Morgan fingerprint density at radius 1 is 0.750 bits per heavy atom. The SMILES string of the molecule is CC(=O)NC(C=O)C(OCc1ccccc1)C(OCc1ccccc1)C(CO)OCc1ccccc1. The van der Waals surface area contributed by atoms with E-state index in [2.05, 4.69) is 5.32 Å². The molecule has 2 N–H and O–H groups in total. The second-order valence-corrected chi connectivity index (χ2v) is 8.40. The van der Waals surface area contributed by atoms with Crippen molar-refractivity contribution in [3.63, 3.8) is 0 Å². The number of aliphatic hydroxyl groups excluding tert-OH is 1. The van der Waals surface area contributed by atoms with Crippen LogP contribution in [0.15, 0.2) is 91.0 Å². The molecule has 3 aromatic rings. The Morgan fingerprint density at radius 2 is 1.17 bits per heavy atom. The van der Waals surface area contributed by atoms with Crippen LogP contribution in [0.1, 0.15) is 23.6 Å². The molecule has 7 nitrogen and oxygen atoms in total. The van der Waals surface area contributed by atoms with Gasteiger partial charge < -0.3 is 29.4 Å². The molecular formula is C29H33NO6. The molecule has 0 aliphatic carbocycles. The number of benzene rings is 3. The molecule has 1 amide bonds. The van der Waals surface area contributed by atoms with Crippen molar-refractivity contribution in [3.05, 3.63) is 108 Å². The minimum absolute atomic E-state index is 0.178. The summed E-state index contributed by atoms with van der Waals surface area (Å²) in [6.07, 6.45) is -2.00. The van der Waals surface area contributed by atoms with Crippen molar-refractivity contribution in [2.24, 2.45) is 0 Å². The zero-order valence-corrected chi connectivity index (χ0v) is 20.4. The largest absolute Gasteiger partial charge is 0.394 e. The van der Waals surface area contributed by atoms with Crippen molar-refractivity contribution < 1.29 is 28.9 Å². The van der Waals surface area contributed by atoms with Crippen LogP contribution in [0.2, 0.25) is 0 Å². The molecule has 0 aliphatic heterocycles. The highest BCUT2D eigenvalue weighted by molar-refractivity contribution is 5.77. The average molecular weight is 492 g/mol. The van der Waals surface area contributed by atoms with E-state index in [-0.39, 0.29) is 32.3 Å². The Kier molecular flexibility index (Phi) is 11.3. The Labute approximate surface area is 212 Å². The van der Waals surface area contributed by atoms with Gasteiger partial charge in [0, 0.05) is 6.92 Å². The molecule has 0 spiro atoms. The third kappa shape index (κ3) is 8.70. The second-order valence-electron chi connectivity index (χ2n) is 8.40. The highest BCUT2D eigenvalue weighted by atomic mass is 16.6. The number of ether oxygens (including phenoxy) is 3. The van der Waals surface area contributed by atoms with Gasteiger partial charge in [-0.3, -0.25) is 4.79 Å². The zero-order chi connectivity index (χ0) is 25.6. The standard InChI is InChI=1S/C29H33NO6/c1-22(33)30-26(17-31)28(35-20-24-13-7-3-8-14-24)29(36-21-25-15-9-4-10-16-25)27(18-32)34-19-23-11-5-2-6-12-23/h2-17,26-29,32H,18-21H2,1H3,(H,30,33). The molecule has 4 unspecified atom stereocenters. The lowest BCUT2D eigenvalue weighted by atomic mass is 10.0. The van der Waals surface area contributed by atoms with Gasteiger partial charge in [-0.25, -0.2) is 0 Å². The summed E-state index contributed by atoms with van der Waals surface area (Å²) >= 11 is 0. The van der Waals surface area contributed by atoms with Gasteiger partial charge in [0.05, 0.1) is 26.4 Å². The van der Waals surface area contributed by atoms with Crippen LogP contribution in [0.5, 0.6) is 0 Å². The molecule has 0 radical (unpaired) electrons. The van der Waals surface area contributed by atoms with E-state index in [1.165, 1.54) is 6.92 Å². The maximum atomic E-state index is 12.1. The highest BCUT2D eigenvalue weighted by Gasteiger charge is 2.38. The van der Waals surface area contributed by atoms with E-state index in [9.17, 15) is 14.7 Å². The first-order valence-electron chi connectivity index (χ1n) is 11.9. The van der Waals surface area contributed by atoms with Crippen molar-refractivity contribution in [1.82, 2.24) is 5.32 Å². The van der Waals surface area contributed by atoms with E-state index in [0.29, 0.717) is 6.29 Å². The minimum Gasteiger partial charge on any atom is -0.394 e. The van der Waals surface area contributed by atoms with Crippen molar-refractivity contribution in [2.75, 3.05) is 6.61 Å². The maximum absolute atomic E-state index is 12.1. The summed E-state index contributed by atoms with van der Waals surface area (Å²) < 4.78 is 18.5. The molecule has 3 rings (SSSR count). The monoisotopic (exact) mass is 491 g/mol. The highest BCUT2D eigenvalue weighted by Crippen LogP contribution is 2.20. The number of nitrogens with one attached hydrogen (secondary N) is 1. The number of carbonyl (C=O) groups excluding carboxylic acids is 2. The lowest BCUT2D eigenvalue weighted by Crippen LogP contribution is -2.55. The van der Waals surface area contributed by atoms with Gasteiger partial charge in [0.2, 0.25) is 5.91 Å². The van der Waals surface area contributed by atoms with Crippen LogP contribution in [0.4, 0.5) is 0 Å². The zero-order valence-electron chi connectivity index (χ0n) is 20.4. The van der Waals surface area contributed by atoms with Crippen LogP contribution < -0.4 is 5.32 Å². The van der Waals surface area contributed by atoms with E-state index >= 15 is 0 Å². The smallest absolute Gasteiger partial charge is 0.217 e. The lowest BCUT2D eigenvalue weighted by molar-refractivity contribution is -0.170. The summed E-state index contributed by atoms with van der Waals surface area (Å²) in [4.78, 5) is 24.0. The molecule has 0 bridgehead atoms.